The summed E-state index contributed by atoms with van der Waals surface area (Å²) in [6, 6.07) is 17.8. The molecule has 1 saturated heterocycles. The predicted octanol–water partition coefficient (Wildman–Crippen LogP) is 3.66. The fraction of sp³-hybridized carbons (Fsp3) is 0.457. The number of hydrogen-bond acceptors (Lipinski definition) is 8. The van der Waals surface area contributed by atoms with Crippen molar-refractivity contribution in [1.29, 1.82) is 0 Å². The minimum atomic E-state index is -3.19. The smallest absolute Gasteiger partial charge is 0.233 e. The molecule has 1 heterocycles. The highest BCUT2D eigenvalue weighted by molar-refractivity contribution is 7.88. The van der Waals surface area contributed by atoms with Crippen LogP contribution in [0.5, 0.6) is 5.75 Å². The Labute approximate surface area is 275 Å². The number of anilines is 1. The Balaban J connectivity index is 1.48. The number of aliphatic hydroxyl groups is 4. The second-order valence-electron chi connectivity index (χ2n) is 12.5. The molecular formula is C35H45FN2O8S. The quantitative estimate of drug-likeness (QED) is 0.0880. The zero-order chi connectivity index (χ0) is 34.2. The molecule has 3 aromatic rings. The molecule has 0 bridgehead atoms. The van der Waals surface area contributed by atoms with E-state index in [9.17, 15) is 43.1 Å². The first-order valence-corrected chi connectivity index (χ1v) is 17.8. The molecule has 0 unspecified atom stereocenters. The largest absolute Gasteiger partial charge is 0.508 e. The molecule has 0 radical (unpaired) electrons. The molecule has 0 aliphatic carbocycles. The molecule has 10 nitrogen and oxygen atoms in total. The van der Waals surface area contributed by atoms with Gasteiger partial charge >= 0.3 is 0 Å². The third kappa shape index (κ3) is 9.82. The Morgan fingerprint density at radius 2 is 1.60 bits per heavy atom. The zero-order valence-corrected chi connectivity index (χ0v) is 27.4. The number of carbonyl (C=O) groups excluding carboxylic acids is 1. The van der Waals surface area contributed by atoms with Crippen LogP contribution in [0, 0.1) is 11.7 Å². The Bertz CT molecular complexity index is 1580. The van der Waals surface area contributed by atoms with Crippen molar-refractivity contribution in [3.8, 4) is 5.75 Å². The first-order chi connectivity index (χ1) is 22.3. The van der Waals surface area contributed by atoms with Crippen LogP contribution >= 0.6 is 0 Å². The third-order valence-electron chi connectivity index (χ3n) is 8.82. The van der Waals surface area contributed by atoms with Crippen LogP contribution in [0.25, 0.3) is 0 Å². The van der Waals surface area contributed by atoms with Crippen LogP contribution in [0.15, 0.2) is 66.7 Å². The van der Waals surface area contributed by atoms with Gasteiger partial charge < -0.3 is 30.4 Å². The van der Waals surface area contributed by atoms with Gasteiger partial charge in [-0.25, -0.2) is 17.5 Å². The van der Waals surface area contributed by atoms with Gasteiger partial charge in [0.1, 0.15) is 17.2 Å². The van der Waals surface area contributed by atoms with Gasteiger partial charge in [0.2, 0.25) is 15.9 Å². The molecule has 4 rings (SSSR count). The first kappa shape index (κ1) is 36.4. The standard InChI is InChI=1S/C35H45FN2O8S/c1-47(45,46)37-20-4-2-3-5-24-6-13-28(14-7-24)38-33(29-15-8-25(21-32(29)42)18-19-35(44,22-39)23-40)30(34(38)43)16-17-31(41)26-9-11-27(36)12-10-26/h6-15,21,30-31,33,37,39-42,44H,2-5,16-20,22-23H2,1H3/t30-,31+,33-/m1/s1. The van der Waals surface area contributed by atoms with Crippen LogP contribution in [-0.2, 0) is 27.7 Å². The van der Waals surface area contributed by atoms with Gasteiger partial charge in [0, 0.05) is 17.8 Å². The van der Waals surface area contributed by atoms with Crippen molar-refractivity contribution in [2.75, 3.05) is 30.9 Å². The van der Waals surface area contributed by atoms with Crippen LogP contribution in [-0.4, -0.2) is 71.5 Å². The van der Waals surface area contributed by atoms with Crippen molar-refractivity contribution in [2.24, 2.45) is 5.92 Å². The molecule has 6 N–H and O–H groups in total. The van der Waals surface area contributed by atoms with E-state index in [1.807, 2.05) is 24.3 Å². The molecule has 47 heavy (non-hydrogen) atoms. The van der Waals surface area contributed by atoms with Crippen molar-refractivity contribution in [2.45, 2.75) is 69.1 Å². The Hall–Kier alpha value is -3.39. The van der Waals surface area contributed by atoms with E-state index in [1.54, 1.807) is 23.1 Å². The molecule has 1 fully saturated rings. The van der Waals surface area contributed by atoms with Gasteiger partial charge in [-0.3, -0.25) is 4.79 Å². The van der Waals surface area contributed by atoms with Crippen LogP contribution in [0.2, 0.25) is 0 Å². The maximum atomic E-state index is 13.6. The van der Waals surface area contributed by atoms with Gasteiger partial charge in [-0.15, -0.1) is 0 Å². The first-order valence-electron chi connectivity index (χ1n) is 15.9. The van der Waals surface area contributed by atoms with Crippen molar-refractivity contribution >= 4 is 21.6 Å². The molecule has 1 amide bonds. The van der Waals surface area contributed by atoms with Crippen molar-refractivity contribution < 1.29 is 43.1 Å². The number of nitrogens with zero attached hydrogens (tertiary/aromatic N) is 1. The van der Waals surface area contributed by atoms with E-state index in [0.29, 0.717) is 41.8 Å². The van der Waals surface area contributed by atoms with Crippen LogP contribution in [0.1, 0.15) is 72.9 Å². The molecule has 256 valence electrons. The summed E-state index contributed by atoms with van der Waals surface area (Å²) in [5.41, 5.74) is 1.86. The van der Waals surface area contributed by atoms with E-state index in [4.69, 9.17) is 0 Å². The molecular weight excluding hydrogens is 627 g/mol. The number of halogens is 1. The summed E-state index contributed by atoms with van der Waals surface area (Å²) in [7, 11) is -3.19. The number of aromatic hydroxyl groups is 1. The number of hydrogen-bond donors (Lipinski definition) is 6. The number of β-lactam (4-membered cyclic amide) rings is 1. The van der Waals surface area contributed by atoms with Crippen LogP contribution < -0.4 is 9.62 Å². The number of unbranched alkanes of at least 4 members (excludes halogenated alkanes) is 2. The van der Waals surface area contributed by atoms with E-state index in [-0.39, 0.29) is 24.5 Å². The molecule has 1 aliphatic rings. The molecule has 3 atom stereocenters. The summed E-state index contributed by atoms with van der Waals surface area (Å²) in [4.78, 5) is 15.3. The SMILES string of the molecule is CS(=O)(=O)NCCCCCc1ccc(N2C(=O)[C@H](CC[C@H](O)c3ccc(F)cc3)[C@H]2c2ccc(CCC(O)(CO)CO)cc2O)cc1. The summed E-state index contributed by atoms with van der Waals surface area (Å²) in [5.74, 6) is -1.12. The number of phenolic OH excluding ortho intramolecular Hbond substituents is 1. The highest BCUT2D eigenvalue weighted by Gasteiger charge is 2.49. The lowest BCUT2D eigenvalue weighted by molar-refractivity contribution is -0.131. The molecule has 0 saturated carbocycles. The maximum Gasteiger partial charge on any atom is 0.233 e. The number of aliphatic hydroxyl groups excluding tert-OH is 3. The number of nitrogens with one attached hydrogen (secondary N) is 1. The number of carbonyl (C=O) groups is 1. The molecule has 3 aromatic carbocycles. The van der Waals surface area contributed by atoms with E-state index in [1.165, 1.54) is 24.3 Å². The van der Waals surface area contributed by atoms with E-state index < -0.39 is 52.7 Å². The van der Waals surface area contributed by atoms with Crippen molar-refractivity contribution in [3.05, 3.63) is 94.8 Å². The second kappa shape index (κ2) is 16.1. The summed E-state index contributed by atoms with van der Waals surface area (Å²) in [5, 5.41) is 51.0. The Kier molecular flexibility index (Phi) is 12.5. The maximum absolute atomic E-state index is 13.6. The predicted molar refractivity (Wildman–Crippen MR) is 177 cm³/mol. The summed E-state index contributed by atoms with van der Waals surface area (Å²) in [6.07, 6.45) is 4.47. The molecule has 0 aromatic heterocycles. The summed E-state index contributed by atoms with van der Waals surface area (Å²) < 4.78 is 38.3. The zero-order valence-electron chi connectivity index (χ0n) is 26.6. The van der Waals surface area contributed by atoms with E-state index >= 15 is 0 Å². The average molecular weight is 673 g/mol. The fourth-order valence-electron chi connectivity index (χ4n) is 5.95. The highest BCUT2D eigenvalue weighted by Crippen LogP contribution is 2.48. The second-order valence-corrected chi connectivity index (χ2v) is 14.3. The molecule has 1 aliphatic heterocycles. The van der Waals surface area contributed by atoms with Crippen molar-refractivity contribution in [3.63, 3.8) is 0 Å². The lowest BCUT2D eigenvalue weighted by Gasteiger charge is -2.48. The van der Waals surface area contributed by atoms with Crippen molar-refractivity contribution in [1.82, 2.24) is 4.72 Å². The van der Waals surface area contributed by atoms with Gasteiger partial charge in [0.25, 0.3) is 0 Å². The van der Waals surface area contributed by atoms with Gasteiger partial charge in [-0.05, 0) is 92.0 Å². The Morgan fingerprint density at radius 1 is 0.936 bits per heavy atom. The topological polar surface area (TPSA) is 168 Å². The number of phenols is 1. The van der Waals surface area contributed by atoms with Gasteiger partial charge in [-0.1, -0.05) is 42.8 Å². The average Bonchev–Trinajstić information content (AvgIpc) is 3.05. The monoisotopic (exact) mass is 672 g/mol. The summed E-state index contributed by atoms with van der Waals surface area (Å²) >= 11 is 0. The highest BCUT2D eigenvalue weighted by atomic mass is 32.2. The molecule has 12 heteroatoms. The summed E-state index contributed by atoms with van der Waals surface area (Å²) in [6.45, 7) is -0.792. The normalized spacial score (nSPS) is 17.5. The van der Waals surface area contributed by atoms with Gasteiger partial charge in [0.15, 0.2) is 0 Å². The molecule has 0 spiro atoms. The number of rotatable bonds is 18. The number of amides is 1. The lowest BCUT2D eigenvalue weighted by atomic mass is 9.77. The third-order valence-corrected chi connectivity index (χ3v) is 9.55. The van der Waals surface area contributed by atoms with Gasteiger partial charge in [-0.2, -0.15) is 0 Å². The van der Waals surface area contributed by atoms with Gasteiger partial charge in [0.05, 0.1) is 37.5 Å². The number of aryl methyl sites for hydroxylation is 2. The fourth-order valence-corrected chi connectivity index (χ4v) is 6.47. The lowest BCUT2D eigenvalue weighted by Crippen LogP contribution is -2.55. The van der Waals surface area contributed by atoms with E-state index in [0.717, 1.165) is 37.5 Å². The van der Waals surface area contributed by atoms with E-state index in [2.05, 4.69) is 4.72 Å². The van der Waals surface area contributed by atoms with Crippen LogP contribution in [0.4, 0.5) is 10.1 Å². The number of sulfonamides is 1. The van der Waals surface area contributed by atoms with Crippen LogP contribution in [0.3, 0.4) is 0 Å². The minimum Gasteiger partial charge on any atom is -0.508 e. The Morgan fingerprint density at radius 3 is 2.21 bits per heavy atom. The number of benzene rings is 3. The minimum absolute atomic E-state index is 0.0346.